The van der Waals surface area contributed by atoms with Crippen LogP contribution in [0.1, 0.15) is 13.8 Å². The Labute approximate surface area is 93.2 Å². The molecule has 0 fully saturated rings. The predicted octanol–water partition coefficient (Wildman–Crippen LogP) is 0.780. The molecule has 3 N–H and O–H groups in total. The Morgan fingerprint density at radius 3 is 2.44 bits per heavy atom. The van der Waals surface area contributed by atoms with Gasteiger partial charge in [0.1, 0.15) is 12.4 Å². The SMILES string of the molecule is CC(C)C(CN)Nc1ncc([N+](=O)[O-])cn1. The average molecular weight is 225 g/mol. The number of nitrogens with zero attached hydrogens (tertiary/aromatic N) is 3. The molecule has 0 amide bonds. The first-order valence-corrected chi connectivity index (χ1v) is 4.97. The molecule has 7 nitrogen and oxygen atoms in total. The van der Waals surface area contributed by atoms with Crippen molar-refractivity contribution in [2.45, 2.75) is 19.9 Å². The Kier molecular flexibility index (Phi) is 4.12. The standard InChI is InChI=1S/C9H15N5O2/c1-6(2)8(3-10)13-9-11-4-7(5-12-9)14(15)16/h4-6,8H,3,10H2,1-2H3,(H,11,12,13). The highest BCUT2D eigenvalue weighted by Gasteiger charge is 2.13. The monoisotopic (exact) mass is 225 g/mol. The lowest BCUT2D eigenvalue weighted by Gasteiger charge is -2.19. The van der Waals surface area contributed by atoms with E-state index >= 15 is 0 Å². The van der Waals surface area contributed by atoms with Crippen LogP contribution in [0.5, 0.6) is 0 Å². The number of nitrogens with two attached hydrogens (primary N) is 1. The van der Waals surface area contributed by atoms with Crippen LogP contribution in [0.25, 0.3) is 0 Å². The molecule has 0 spiro atoms. The Balaban J connectivity index is 2.71. The fourth-order valence-corrected chi connectivity index (χ4v) is 1.15. The number of nitrogens with one attached hydrogen (secondary N) is 1. The van der Waals surface area contributed by atoms with Gasteiger partial charge >= 0.3 is 5.69 Å². The highest BCUT2D eigenvalue weighted by molar-refractivity contribution is 5.31. The lowest BCUT2D eigenvalue weighted by atomic mass is 10.1. The quantitative estimate of drug-likeness (QED) is 0.566. The van der Waals surface area contributed by atoms with Crippen molar-refractivity contribution in [2.24, 2.45) is 11.7 Å². The first-order chi connectivity index (χ1) is 7.54. The Bertz CT molecular complexity index is 351. The minimum absolute atomic E-state index is 0.0569. The van der Waals surface area contributed by atoms with E-state index < -0.39 is 4.92 Å². The van der Waals surface area contributed by atoms with E-state index in [-0.39, 0.29) is 11.7 Å². The number of hydrogen-bond acceptors (Lipinski definition) is 6. The molecule has 0 bridgehead atoms. The topological polar surface area (TPSA) is 107 Å². The number of hydrogen-bond donors (Lipinski definition) is 2. The molecule has 88 valence electrons. The van der Waals surface area contributed by atoms with Crippen LogP contribution >= 0.6 is 0 Å². The third kappa shape index (κ3) is 3.13. The predicted molar refractivity (Wildman–Crippen MR) is 60.0 cm³/mol. The number of nitro groups is 1. The van der Waals surface area contributed by atoms with Crippen LogP contribution in [0.15, 0.2) is 12.4 Å². The van der Waals surface area contributed by atoms with E-state index in [4.69, 9.17) is 5.73 Å². The summed E-state index contributed by atoms with van der Waals surface area (Å²) in [5.74, 6) is 0.693. The second-order valence-electron chi connectivity index (χ2n) is 3.75. The molecule has 0 saturated heterocycles. The molecule has 1 aromatic heterocycles. The van der Waals surface area contributed by atoms with E-state index in [1.165, 1.54) is 12.4 Å². The number of aromatic nitrogens is 2. The molecule has 1 unspecified atom stereocenters. The van der Waals surface area contributed by atoms with Crippen molar-refractivity contribution in [1.29, 1.82) is 0 Å². The van der Waals surface area contributed by atoms with Gasteiger partial charge in [-0.2, -0.15) is 0 Å². The van der Waals surface area contributed by atoms with Gasteiger partial charge < -0.3 is 11.1 Å². The summed E-state index contributed by atoms with van der Waals surface area (Å²) in [4.78, 5) is 17.6. The molecule has 1 rings (SSSR count). The highest BCUT2D eigenvalue weighted by atomic mass is 16.6. The molecule has 1 heterocycles. The van der Waals surface area contributed by atoms with Crippen LogP contribution < -0.4 is 11.1 Å². The van der Waals surface area contributed by atoms with Crippen LogP contribution in [-0.4, -0.2) is 27.5 Å². The summed E-state index contributed by atoms with van der Waals surface area (Å²) >= 11 is 0. The number of anilines is 1. The van der Waals surface area contributed by atoms with Crippen LogP contribution in [0, 0.1) is 16.0 Å². The van der Waals surface area contributed by atoms with Gasteiger partial charge in [0.25, 0.3) is 0 Å². The van der Waals surface area contributed by atoms with Gasteiger partial charge in [0, 0.05) is 12.6 Å². The van der Waals surface area contributed by atoms with E-state index in [9.17, 15) is 10.1 Å². The summed E-state index contributed by atoms with van der Waals surface area (Å²) in [7, 11) is 0. The van der Waals surface area contributed by atoms with E-state index in [1.807, 2.05) is 13.8 Å². The van der Waals surface area contributed by atoms with Gasteiger partial charge in [-0.3, -0.25) is 10.1 Å². The molecule has 16 heavy (non-hydrogen) atoms. The Hall–Kier alpha value is -1.76. The summed E-state index contributed by atoms with van der Waals surface area (Å²) in [5.41, 5.74) is 5.45. The van der Waals surface area contributed by atoms with Crippen molar-refractivity contribution in [3.05, 3.63) is 22.5 Å². The smallest absolute Gasteiger partial charge is 0.305 e. The van der Waals surface area contributed by atoms with Crippen molar-refractivity contribution in [3.8, 4) is 0 Å². The molecule has 0 aromatic carbocycles. The van der Waals surface area contributed by atoms with Crippen LogP contribution in [0.4, 0.5) is 11.6 Å². The molecule has 0 aliphatic rings. The Morgan fingerprint density at radius 1 is 1.50 bits per heavy atom. The Morgan fingerprint density at radius 2 is 2.06 bits per heavy atom. The summed E-state index contributed by atoms with van der Waals surface area (Å²) in [6.45, 7) is 4.50. The normalized spacial score (nSPS) is 12.5. The molecule has 7 heteroatoms. The van der Waals surface area contributed by atoms with Crippen molar-refractivity contribution < 1.29 is 4.92 Å². The summed E-state index contributed by atoms with van der Waals surface area (Å²) in [5, 5.41) is 13.4. The lowest BCUT2D eigenvalue weighted by molar-refractivity contribution is -0.385. The number of rotatable bonds is 5. The summed E-state index contributed by atoms with van der Waals surface area (Å²) < 4.78 is 0. The third-order valence-electron chi connectivity index (χ3n) is 2.22. The zero-order valence-corrected chi connectivity index (χ0v) is 9.25. The summed E-state index contributed by atoms with van der Waals surface area (Å²) in [6.07, 6.45) is 2.34. The minimum Gasteiger partial charge on any atom is -0.350 e. The molecular weight excluding hydrogens is 210 g/mol. The first-order valence-electron chi connectivity index (χ1n) is 4.97. The zero-order chi connectivity index (χ0) is 12.1. The van der Waals surface area contributed by atoms with Crippen molar-refractivity contribution in [3.63, 3.8) is 0 Å². The van der Waals surface area contributed by atoms with Crippen molar-refractivity contribution in [1.82, 2.24) is 9.97 Å². The van der Waals surface area contributed by atoms with Crippen LogP contribution in [-0.2, 0) is 0 Å². The van der Waals surface area contributed by atoms with Crippen molar-refractivity contribution in [2.75, 3.05) is 11.9 Å². The maximum absolute atomic E-state index is 10.4. The van der Waals surface area contributed by atoms with Gasteiger partial charge in [0.2, 0.25) is 5.95 Å². The van der Waals surface area contributed by atoms with E-state index in [0.29, 0.717) is 18.4 Å². The van der Waals surface area contributed by atoms with Gasteiger partial charge in [0.05, 0.1) is 4.92 Å². The second-order valence-corrected chi connectivity index (χ2v) is 3.75. The third-order valence-corrected chi connectivity index (χ3v) is 2.22. The van der Waals surface area contributed by atoms with Crippen LogP contribution in [0.3, 0.4) is 0 Å². The minimum atomic E-state index is -0.535. The van der Waals surface area contributed by atoms with E-state index in [1.54, 1.807) is 0 Å². The molecule has 1 aromatic rings. The van der Waals surface area contributed by atoms with Gasteiger partial charge in [-0.05, 0) is 5.92 Å². The molecule has 0 aliphatic carbocycles. The fraction of sp³-hybridized carbons (Fsp3) is 0.556. The fourth-order valence-electron chi connectivity index (χ4n) is 1.15. The largest absolute Gasteiger partial charge is 0.350 e. The maximum atomic E-state index is 10.4. The first kappa shape index (κ1) is 12.3. The van der Waals surface area contributed by atoms with Gasteiger partial charge in [-0.1, -0.05) is 13.8 Å². The molecule has 0 aliphatic heterocycles. The van der Waals surface area contributed by atoms with Gasteiger partial charge in [-0.15, -0.1) is 0 Å². The zero-order valence-electron chi connectivity index (χ0n) is 9.25. The van der Waals surface area contributed by atoms with Gasteiger partial charge in [0.15, 0.2) is 0 Å². The van der Waals surface area contributed by atoms with Gasteiger partial charge in [-0.25, -0.2) is 9.97 Å². The molecule has 0 radical (unpaired) electrons. The lowest BCUT2D eigenvalue weighted by Crippen LogP contribution is -2.34. The highest BCUT2D eigenvalue weighted by Crippen LogP contribution is 2.11. The molecular formula is C9H15N5O2. The molecule has 0 saturated carbocycles. The van der Waals surface area contributed by atoms with Crippen molar-refractivity contribution >= 4 is 11.6 Å². The molecule has 1 atom stereocenters. The van der Waals surface area contributed by atoms with Crippen LogP contribution in [0.2, 0.25) is 0 Å². The summed E-state index contributed by atoms with van der Waals surface area (Å²) in [6, 6.07) is 0.0569. The second kappa shape index (κ2) is 5.36. The maximum Gasteiger partial charge on any atom is 0.305 e. The van der Waals surface area contributed by atoms with E-state index in [2.05, 4.69) is 15.3 Å². The van der Waals surface area contributed by atoms with E-state index in [0.717, 1.165) is 0 Å². The average Bonchev–Trinajstić information content (AvgIpc) is 2.26.